The molecule has 8 heteroatoms. The van der Waals surface area contributed by atoms with Crippen molar-refractivity contribution in [3.63, 3.8) is 0 Å². The lowest BCUT2D eigenvalue weighted by molar-refractivity contribution is -0.384. The van der Waals surface area contributed by atoms with Crippen LogP contribution in [-0.2, 0) is 6.42 Å². The number of hydrogen-bond donors (Lipinski definition) is 1. The highest BCUT2D eigenvalue weighted by molar-refractivity contribution is 6.33. The number of hydrogen-bond acceptors (Lipinski definition) is 6. The molecule has 21 heavy (non-hydrogen) atoms. The van der Waals surface area contributed by atoms with Crippen molar-refractivity contribution in [2.75, 3.05) is 6.54 Å². The fraction of sp³-hybridized carbons (Fsp3) is 0.385. The topological polar surface area (TPSA) is 94.1 Å². The largest absolute Gasteiger partial charge is 0.420 e. The summed E-state index contributed by atoms with van der Waals surface area (Å²) in [6.45, 7) is 4.75. The first-order valence-electron chi connectivity index (χ1n) is 6.48. The van der Waals surface area contributed by atoms with Crippen molar-refractivity contribution >= 4 is 17.3 Å². The Bertz CT molecular complexity index is 642. The van der Waals surface area contributed by atoms with Crippen molar-refractivity contribution in [2.24, 2.45) is 0 Å². The quantitative estimate of drug-likeness (QED) is 0.651. The van der Waals surface area contributed by atoms with Crippen LogP contribution in [0.3, 0.4) is 0 Å². The SMILES string of the molecule is CC(C)NCCc1nnc(-c2c(Cl)cccc2[N+](=O)[O-])o1. The Morgan fingerprint density at radius 1 is 1.43 bits per heavy atom. The van der Waals surface area contributed by atoms with Crippen molar-refractivity contribution in [3.8, 4) is 11.5 Å². The average Bonchev–Trinajstić information content (AvgIpc) is 2.86. The molecule has 0 saturated carbocycles. The summed E-state index contributed by atoms with van der Waals surface area (Å²) < 4.78 is 5.47. The van der Waals surface area contributed by atoms with Gasteiger partial charge in [0.15, 0.2) is 0 Å². The number of nitrogens with one attached hydrogen (secondary N) is 1. The van der Waals surface area contributed by atoms with Crippen LogP contribution in [0, 0.1) is 10.1 Å². The number of aromatic nitrogens is 2. The number of rotatable bonds is 6. The lowest BCUT2D eigenvalue weighted by Gasteiger charge is -2.04. The molecular formula is C13H15ClN4O3. The van der Waals surface area contributed by atoms with Crippen molar-refractivity contribution in [1.29, 1.82) is 0 Å². The van der Waals surface area contributed by atoms with E-state index in [-0.39, 0.29) is 22.2 Å². The summed E-state index contributed by atoms with van der Waals surface area (Å²) in [5.74, 6) is 0.471. The maximum atomic E-state index is 11.0. The molecule has 2 rings (SSSR count). The molecule has 0 aliphatic carbocycles. The molecule has 7 nitrogen and oxygen atoms in total. The molecule has 1 heterocycles. The van der Waals surface area contributed by atoms with Crippen molar-refractivity contribution < 1.29 is 9.34 Å². The molecule has 0 spiro atoms. The number of nitrogens with zero attached hydrogens (tertiary/aromatic N) is 3. The molecule has 0 fully saturated rings. The van der Waals surface area contributed by atoms with E-state index >= 15 is 0 Å². The van der Waals surface area contributed by atoms with Gasteiger partial charge in [-0.25, -0.2) is 0 Å². The van der Waals surface area contributed by atoms with Crippen molar-refractivity contribution in [1.82, 2.24) is 15.5 Å². The van der Waals surface area contributed by atoms with Crippen LogP contribution in [-0.4, -0.2) is 27.7 Å². The Morgan fingerprint density at radius 3 is 2.86 bits per heavy atom. The van der Waals surface area contributed by atoms with Gasteiger partial charge in [-0.2, -0.15) is 0 Å². The van der Waals surface area contributed by atoms with E-state index in [2.05, 4.69) is 15.5 Å². The van der Waals surface area contributed by atoms with Gasteiger partial charge in [0.25, 0.3) is 11.6 Å². The van der Waals surface area contributed by atoms with Crippen molar-refractivity contribution in [3.05, 3.63) is 39.2 Å². The van der Waals surface area contributed by atoms with Gasteiger partial charge in [-0.15, -0.1) is 10.2 Å². The molecule has 0 aliphatic rings. The van der Waals surface area contributed by atoms with E-state index in [1.807, 2.05) is 13.8 Å². The summed E-state index contributed by atoms with van der Waals surface area (Å²) in [5, 5.41) is 22.2. The lowest BCUT2D eigenvalue weighted by atomic mass is 10.2. The van der Waals surface area contributed by atoms with Gasteiger partial charge in [0.05, 0.1) is 9.95 Å². The summed E-state index contributed by atoms with van der Waals surface area (Å²) in [6, 6.07) is 4.77. The van der Waals surface area contributed by atoms with Gasteiger partial charge in [-0.1, -0.05) is 31.5 Å². The molecule has 0 radical (unpaired) electrons. The molecule has 0 unspecified atom stereocenters. The molecule has 1 aromatic carbocycles. The molecule has 0 saturated heterocycles. The maximum absolute atomic E-state index is 11.0. The second-order valence-corrected chi connectivity index (χ2v) is 5.16. The van der Waals surface area contributed by atoms with Gasteiger partial charge in [0.1, 0.15) is 5.56 Å². The van der Waals surface area contributed by atoms with Crippen molar-refractivity contribution in [2.45, 2.75) is 26.3 Å². The highest BCUT2D eigenvalue weighted by atomic mass is 35.5. The predicted molar refractivity (Wildman–Crippen MR) is 78.2 cm³/mol. The summed E-state index contributed by atoms with van der Waals surface area (Å²) in [5.41, 5.74) is -0.00209. The Balaban J connectivity index is 2.24. The zero-order chi connectivity index (χ0) is 15.4. The van der Waals surface area contributed by atoms with E-state index in [9.17, 15) is 10.1 Å². The van der Waals surface area contributed by atoms with Crippen LogP contribution < -0.4 is 5.32 Å². The van der Waals surface area contributed by atoms with Crippen LogP contribution in [0.5, 0.6) is 0 Å². The number of halogens is 1. The van der Waals surface area contributed by atoms with Gasteiger partial charge in [-0.3, -0.25) is 10.1 Å². The van der Waals surface area contributed by atoms with E-state index in [1.165, 1.54) is 12.1 Å². The fourth-order valence-corrected chi connectivity index (χ4v) is 2.05. The molecule has 1 N–H and O–H groups in total. The van der Waals surface area contributed by atoms with E-state index in [4.69, 9.17) is 16.0 Å². The minimum atomic E-state index is -0.522. The Kier molecular flexibility index (Phi) is 4.87. The summed E-state index contributed by atoms with van der Waals surface area (Å²) in [6.07, 6.45) is 0.545. The van der Waals surface area contributed by atoms with E-state index in [0.717, 1.165) is 0 Å². The molecule has 0 aliphatic heterocycles. The van der Waals surface area contributed by atoms with Gasteiger partial charge in [0, 0.05) is 25.1 Å². The Labute approximate surface area is 126 Å². The average molecular weight is 311 g/mol. The number of nitro benzene ring substituents is 1. The maximum Gasteiger partial charge on any atom is 0.283 e. The van der Waals surface area contributed by atoms with Crippen LogP contribution in [0.4, 0.5) is 5.69 Å². The molecule has 2 aromatic rings. The minimum Gasteiger partial charge on any atom is -0.420 e. The predicted octanol–water partition coefficient (Wildman–Crippen LogP) is 2.84. The zero-order valence-corrected chi connectivity index (χ0v) is 12.4. The first-order valence-corrected chi connectivity index (χ1v) is 6.86. The Morgan fingerprint density at radius 2 is 2.19 bits per heavy atom. The van der Waals surface area contributed by atoms with Crippen LogP contribution >= 0.6 is 11.6 Å². The minimum absolute atomic E-state index is 0.0619. The second-order valence-electron chi connectivity index (χ2n) is 4.75. The summed E-state index contributed by atoms with van der Waals surface area (Å²) >= 11 is 6.02. The highest BCUT2D eigenvalue weighted by Gasteiger charge is 2.23. The van der Waals surface area contributed by atoms with Gasteiger partial charge < -0.3 is 9.73 Å². The molecule has 0 amide bonds. The molecule has 0 bridgehead atoms. The van der Waals surface area contributed by atoms with Gasteiger partial charge >= 0.3 is 0 Å². The molecule has 112 valence electrons. The Hall–Kier alpha value is -1.99. The van der Waals surface area contributed by atoms with E-state index in [0.29, 0.717) is 24.9 Å². The van der Waals surface area contributed by atoms with Crippen LogP contribution in [0.1, 0.15) is 19.7 Å². The third-order valence-corrected chi connectivity index (χ3v) is 3.08. The number of nitro groups is 1. The molecule has 1 aromatic heterocycles. The van der Waals surface area contributed by atoms with E-state index < -0.39 is 4.92 Å². The first-order chi connectivity index (χ1) is 9.99. The third-order valence-electron chi connectivity index (χ3n) is 2.76. The monoisotopic (exact) mass is 310 g/mol. The van der Waals surface area contributed by atoms with Crippen LogP contribution in [0.15, 0.2) is 22.6 Å². The first kappa shape index (κ1) is 15.4. The lowest BCUT2D eigenvalue weighted by Crippen LogP contribution is -2.25. The third kappa shape index (κ3) is 3.77. The van der Waals surface area contributed by atoms with E-state index in [1.54, 1.807) is 6.07 Å². The second kappa shape index (κ2) is 6.64. The smallest absolute Gasteiger partial charge is 0.283 e. The highest BCUT2D eigenvalue weighted by Crippen LogP contribution is 2.35. The molecular weight excluding hydrogens is 296 g/mol. The standard InChI is InChI=1S/C13H15ClN4O3/c1-8(2)15-7-6-11-16-17-13(21-11)12-9(14)4-3-5-10(12)18(19)20/h3-5,8,15H,6-7H2,1-2H3. The molecule has 0 atom stereocenters. The zero-order valence-electron chi connectivity index (χ0n) is 11.7. The fourth-order valence-electron chi connectivity index (χ4n) is 1.80. The van der Waals surface area contributed by atoms with Gasteiger partial charge in [-0.05, 0) is 6.07 Å². The van der Waals surface area contributed by atoms with Gasteiger partial charge in [0.2, 0.25) is 5.89 Å². The summed E-state index contributed by atoms with van der Waals surface area (Å²) in [7, 11) is 0. The summed E-state index contributed by atoms with van der Waals surface area (Å²) in [4.78, 5) is 10.5. The van der Waals surface area contributed by atoms with Crippen LogP contribution in [0.2, 0.25) is 5.02 Å². The normalized spacial score (nSPS) is 11.0. The van der Waals surface area contributed by atoms with Crippen LogP contribution in [0.25, 0.3) is 11.5 Å². The number of benzene rings is 1.